The molecule has 1 rings (SSSR count). The van der Waals surface area contributed by atoms with Crippen molar-refractivity contribution in [1.29, 1.82) is 5.26 Å². The fourth-order valence-corrected chi connectivity index (χ4v) is 1.04. The minimum atomic E-state index is -0.923. The number of carbonyl (C=O) groups is 2. The van der Waals surface area contributed by atoms with Gasteiger partial charge in [-0.25, -0.2) is 9.78 Å². The predicted molar refractivity (Wildman–Crippen MR) is 57.7 cm³/mol. The molecular formula is C10H10N4O3. The third-order valence-electron chi connectivity index (χ3n) is 1.73. The van der Waals surface area contributed by atoms with Crippen LogP contribution in [0.5, 0.6) is 0 Å². The number of nitrogens with zero attached hydrogens (tertiary/aromatic N) is 2. The summed E-state index contributed by atoms with van der Waals surface area (Å²) in [6, 6.07) is 4.84. The van der Waals surface area contributed by atoms with Crippen molar-refractivity contribution in [3.8, 4) is 6.07 Å². The molecule has 0 aliphatic carbocycles. The Labute approximate surface area is 97.2 Å². The summed E-state index contributed by atoms with van der Waals surface area (Å²) in [5.74, 6) is -0.346. The van der Waals surface area contributed by atoms with E-state index in [1.54, 1.807) is 6.07 Å². The molecule has 0 fully saturated rings. The van der Waals surface area contributed by atoms with Crippen LogP contribution in [-0.4, -0.2) is 23.6 Å². The molecule has 17 heavy (non-hydrogen) atoms. The Morgan fingerprint density at radius 2 is 2.35 bits per heavy atom. The Bertz CT molecular complexity index is 467. The summed E-state index contributed by atoms with van der Waals surface area (Å²) < 4.78 is 4.41. The van der Waals surface area contributed by atoms with E-state index >= 15 is 0 Å². The van der Waals surface area contributed by atoms with Gasteiger partial charge in [0.2, 0.25) is 5.91 Å². The maximum atomic E-state index is 11.3. The number of amides is 2. The highest BCUT2D eigenvalue weighted by Crippen LogP contribution is 2.07. The first-order valence-electron chi connectivity index (χ1n) is 4.70. The van der Waals surface area contributed by atoms with Crippen molar-refractivity contribution in [1.82, 2.24) is 4.98 Å². The maximum Gasteiger partial charge on any atom is 0.404 e. The molecule has 0 aliphatic heterocycles. The number of anilines is 1. The van der Waals surface area contributed by atoms with Crippen LogP contribution in [0.2, 0.25) is 0 Å². The van der Waals surface area contributed by atoms with Crippen molar-refractivity contribution in [2.45, 2.75) is 6.42 Å². The molecule has 0 radical (unpaired) electrons. The number of nitrogens with one attached hydrogen (secondary N) is 1. The second-order valence-corrected chi connectivity index (χ2v) is 3.01. The van der Waals surface area contributed by atoms with Gasteiger partial charge in [-0.1, -0.05) is 0 Å². The molecule has 3 N–H and O–H groups in total. The molecule has 88 valence electrons. The summed E-state index contributed by atoms with van der Waals surface area (Å²) in [6.07, 6.45) is 0.481. The standard InChI is InChI=1S/C10H10N4O3/c11-6-8-5-7(1-3-13-8)14-9(15)2-4-17-10(12)16/h1,3,5H,2,4H2,(H2,12,16)(H,13,14,15). The van der Waals surface area contributed by atoms with Crippen LogP contribution in [0.3, 0.4) is 0 Å². The zero-order valence-electron chi connectivity index (χ0n) is 8.84. The average Bonchev–Trinajstić information content (AvgIpc) is 2.28. The van der Waals surface area contributed by atoms with Gasteiger partial charge in [-0.2, -0.15) is 5.26 Å². The van der Waals surface area contributed by atoms with Gasteiger partial charge in [-0.05, 0) is 12.1 Å². The number of ether oxygens (including phenoxy) is 1. The van der Waals surface area contributed by atoms with Gasteiger partial charge in [0, 0.05) is 11.9 Å². The SMILES string of the molecule is N#Cc1cc(NC(=O)CCOC(N)=O)ccn1. The molecule has 7 heteroatoms. The number of nitrogens with two attached hydrogens (primary N) is 1. The van der Waals surface area contributed by atoms with Crippen LogP contribution in [0.4, 0.5) is 10.5 Å². The Balaban J connectivity index is 2.45. The zero-order valence-corrected chi connectivity index (χ0v) is 8.84. The lowest BCUT2D eigenvalue weighted by molar-refractivity contribution is -0.116. The number of nitriles is 1. The second-order valence-electron chi connectivity index (χ2n) is 3.01. The highest BCUT2D eigenvalue weighted by Gasteiger charge is 2.04. The first-order chi connectivity index (χ1) is 8.11. The summed E-state index contributed by atoms with van der Waals surface area (Å²) in [5.41, 5.74) is 5.40. The molecule has 1 aromatic heterocycles. The minimum absolute atomic E-state index is 0.00680. The molecule has 0 saturated carbocycles. The molecular weight excluding hydrogens is 224 g/mol. The third kappa shape index (κ3) is 4.61. The molecule has 0 bridgehead atoms. The van der Waals surface area contributed by atoms with E-state index in [0.717, 1.165) is 0 Å². The van der Waals surface area contributed by atoms with Crippen molar-refractivity contribution in [2.24, 2.45) is 5.73 Å². The zero-order chi connectivity index (χ0) is 12.7. The summed E-state index contributed by atoms with van der Waals surface area (Å²) >= 11 is 0. The smallest absolute Gasteiger partial charge is 0.404 e. The molecule has 0 unspecified atom stereocenters. The number of pyridine rings is 1. The summed E-state index contributed by atoms with van der Waals surface area (Å²) in [5, 5.41) is 11.1. The first-order valence-corrected chi connectivity index (χ1v) is 4.70. The van der Waals surface area contributed by atoms with Crippen LogP contribution in [0.15, 0.2) is 18.3 Å². The molecule has 0 aliphatic rings. The van der Waals surface area contributed by atoms with Crippen molar-refractivity contribution < 1.29 is 14.3 Å². The Morgan fingerprint density at radius 1 is 1.59 bits per heavy atom. The van der Waals surface area contributed by atoms with Gasteiger partial charge in [0.15, 0.2) is 0 Å². The Kier molecular flexibility index (Phi) is 4.45. The largest absolute Gasteiger partial charge is 0.449 e. The van der Waals surface area contributed by atoms with Crippen LogP contribution in [0.25, 0.3) is 0 Å². The second kappa shape index (κ2) is 6.07. The Morgan fingerprint density at radius 3 is 3.00 bits per heavy atom. The van der Waals surface area contributed by atoms with Gasteiger partial charge >= 0.3 is 6.09 Å². The lowest BCUT2D eigenvalue weighted by atomic mass is 10.3. The number of primary amides is 1. The number of hydrogen-bond acceptors (Lipinski definition) is 5. The fraction of sp³-hybridized carbons (Fsp3) is 0.200. The van der Waals surface area contributed by atoms with Gasteiger partial charge in [0.1, 0.15) is 18.4 Å². The normalized spacial score (nSPS) is 9.12. The van der Waals surface area contributed by atoms with Crippen LogP contribution in [-0.2, 0) is 9.53 Å². The van der Waals surface area contributed by atoms with Crippen LogP contribution >= 0.6 is 0 Å². The highest BCUT2D eigenvalue weighted by molar-refractivity contribution is 5.90. The quantitative estimate of drug-likeness (QED) is 0.780. The number of rotatable bonds is 4. The molecule has 0 atom stereocenters. The Hall–Kier alpha value is -2.62. The molecule has 0 spiro atoms. The van der Waals surface area contributed by atoms with E-state index < -0.39 is 6.09 Å². The summed E-state index contributed by atoms with van der Waals surface area (Å²) in [7, 11) is 0. The van der Waals surface area contributed by atoms with E-state index in [0.29, 0.717) is 5.69 Å². The molecule has 1 heterocycles. The summed E-state index contributed by atoms with van der Waals surface area (Å²) in [6.45, 7) is -0.0860. The third-order valence-corrected chi connectivity index (χ3v) is 1.73. The van der Waals surface area contributed by atoms with Crippen LogP contribution in [0, 0.1) is 11.3 Å². The maximum absolute atomic E-state index is 11.3. The number of carbonyl (C=O) groups excluding carboxylic acids is 2. The van der Waals surface area contributed by atoms with Crippen molar-refractivity contribution in [3.63, 3.8) is 0 Å². The lowest BCUT2D eigenvalue weighted by Crippen LogP contribution is -2.18. The van der Waals surface area contributed by atoms with Crippen molar-refractivity contribution in [2.75, 3.05) is 11.9 Å². The van der Waals surface area contributed by atoms with Gasteiger partial charge < -0.3 is 15.8 Å². The van der Waals surface area contributed by atoms with Gasteiger partial charge in [0.25, 0.3) is 0 Å². The topological polar surface area (TPSA) is 118 Å². The highest BCUT2D eigenvalue weighted by atomic mass is 16.5. The first kappa shape index (κ1) is 12.4. The fourth-order valence-electron chi connectivity index (χ4n) is 1.04. The predicted octanol–water partition coefficient (Wildman–Crippen LogP) is 0.377. The molecule has 1 aromatic rings. The average molecular weight is 234 g/mol. The number of aromatic nitrogens is 1. The van der Waals surface area contributed by atoms with E-state index in [4.69, 9.17) is 11.0 Å². The van der Waals surface area contributed by atoms with Crippen molar-refractivity contribution >= 4 is 17.7 Å². The molecule has 7 nitrogen and oxygen atoms in total. The van der Waals surface area contributed by atoms with Crippen LogP contribution < -0.4 is 11.1 Å². The van der Waals surface area contributed by atoms with E-state index in [1.165, 1.54) is 12.3 Å². The molecule has 0 aromatic carbocycles. The van der Waals surface area contributed by atoms with E-state index in [-0.39, 0.29) is 24.6 Å². The number of hydrogen-bond donors (Lipinski definition) is 2. The lowest BCUT2D eigenvalue weighted by Gasteiger charge is -2.04. The van der Waals surface area contributed by atoms with Crippen molar-refractivity contribution in [3.05, 3.63) is 24.0 Å². The van der Waals surface area contributed by atoms with E-state index in [1.807, 2.05) is 6.07 Å². The summed E-state index contributed by atoms with van der Waals surface area (Å²) in [4.78, 5) is 25.3. The van der Waals surface area contributed by atoms with Gasteiger partial charge in [0.05, 0.1) is 6.42 Å². The van der Waals surface area contributed by atoms with Gasteiger partial charge in [-0.15, -0.1) is 0 Å². The molecule has 2 amide bonds. The van der Waals surface area contributed by atoms with E-state index in [9.17, 15) is 9.59 Å². The monoisotopic (exact) mass is 234 g/mol. The molecule has 0 saturated heterocycles. The van der Waals surface area contributed by atoms with E-state index in [2.05, 4.69) is 15.0 Å². The van der Waals surface area contributed by atoms with Gasteiger partial charge in [-0.3, -0.25) is 4.79 Å². The van der Waals surface area contributed by atoms with Crippen LogP contribution in [0.1, 0.15) is 12.1 Å². The minimum Gasteiger partial charge on any atom is -0.449 e.